The van der Waals surface area contributed by atoms with Crippen LogP contribution in [0.25, 0.3) is 0 Å². The predicted molar refractivity (Wildman–Crippen MR) is 256 cm³/mol. The Kier molecular flexibility index (Phi) is 45.7. The fourth-order valence-electron chi connectivity index (χ4n) is 8.13. The lowest BCUT2D eigenvalue weighted by molar-refractivity contribution is -0.167. The van der Waals surface area contributed by atoms with Crippen LogP contribution in [0.2, 0.25) is 0 Å². The predicted octanol–water partition coefficient (Wildman–Crippen LogP) is 17.3. The summed E-state index contributed by atoms with van der Waals surface area (Å²) in [5.41, 5.74) is 0. The second-order valence-electron chi connectivity index (χ2n) is 19.2. The number of carbonyl (C=O) groups is 3. The number of hydrogen-bond donors (Lipinski definition) is 0. The molecule has 6 nitrogen and oxygen atoms in total. The molecule has 0 heterocycles. The van der Waals surface area contributed by atoms with Crippen LogP contribution in [0.4, 0.5) is 0 Å². The quantitative estimate of drug-likeness (QED) is 0.0345. The lowest BCUT2D eigenvalue weighted by atomic mass is 9.99. The van der Waals surface area contributed by atoms with Gasteiger partial charge >= 0.3 is 17.9 Å². The number of rotatable bonds is 48. The SMILES string of the molecule is CCCCCCCCCCCCCCCCCC(=O)O[C@H](COC(=O)CCCCCCCCCCCCC(C)C)COC(=O)CCCCCCCCCCCCC(C)CC. The van der Waals surface area contributed by atoms with E-state index in [-0.39, 0.29) is 31.1 Å². The fourth-order valence-corrected chi connectivity index (χ4v) is 8.13. The van der Waals surface area contributed by atoms with Crippen molar-refractivity contribution in [2.75, 3.05) is 13.2 Å². The molecule has 0 N–H and O–H groups in total. The van der Waals surface area contributed by atoms with Crippen LogP contribution in [0, 0.1) is 11.8 Å². The molecule has 0 aromatic heterocycles. The Morgan fingerprint density at radius 1 is 0.350 bits per heavy atom. The molecule has 0 spiro atoms. The molecule has 0 aromatic carbocycles. The molecule has 0 bridgehead atoms. The molecule has 6 heteroatoms. The van der Waals surface area contributed by atoms with Crippen molar-refractivity contribution in [3.8, 4) is 0 Å². The van der Waals surface area contributed by atoms with Crippen LogP contribution in [-0.4, -0.2) is 37.2 Å². The van der Waals surface area contributed by atoms with E-state index in [0.717, 1.165) is 69.6 Å². The molecule has 0 amide bonds. The van der Waals surface area contributed by atoms with E-state index >= 15 is 0 Å². The van der Waals surface area contributed by atoms with E-state index in [4.69, 9.17) is 14.2 Å². The summed E-state index contributed by atoms with van der Waals surface area (Å²) < 4.78 is 16.8. The van der Waals surface area contributed by atoms with Gasteiger partial charge in [-0.25, -0.2) is 0 Å². The molecule has 0 aromatic rings. The molecule has 0 radical (unpaired) electrons. The molecule has 0 aliphatic carbocycles. The van der Waals surface area contributed by atoms with Crippen molar-refractivity contribution < 1.29 is 28.6 Å². The summed E-state index contributed by atoms with van der Waals surface area (Å²) in [4.78, 5) is 38.0. The van der Waals surface area contributed by atoms with E-state index in [1.807, 2.05) is 0 Å². The highest BCUT2D eigenvalue weighted by molar-refractivity contribution is 5.71. The minimum Gasteiger partial charge on any atom is -0.462 e. The van der Waals surface area contributed by atoms with E-state index in [1.54, 1.807) is 0 Å². The van der Waals surface area contributed by atoms with Crippen LogP contribution in [0.3, 0.4) is 0 Å². The molecule has 0 saturated heterocycles. The summed E-state index contributed by atoms with van der Waals surface area (Å²) in [6.45, 7) is 11.4. The van der Waals surface area contributed by atoms with Crippen molar-refractivity contribution in [2.45, 2.75) is 304 Å². The van der Waals surface area contributed by atoms with E-state index in [2.05, 4.69) is 34.6 Å². The third-order valence-corrected chi connectivity index (χ3v) is 12.6. The molecule has 1 unspecified atom stereocenters. The van der Waals surface area contributed by atoms with Gasteiger partial charge in [-0.05, 0) is 31.1 Å². The van der Waals surface area contributed by atoms with Gasteiger partial charge in [-0.15, -0.1) is 0 Å². The molecule has 0 rings (SSSR count). The van der Waals surface area contributed by atoms with Crippen LogP contribution < -0.4 is 0 Å². The average molecular weight is 849 g/mol. The largest absolute Gasteiger partial charge is 0.462 e. The standard InChI is InChI=1S/C54H104O6/c1-6-8-9-10-11-12-13-14-15-16-17-26-31-36-41-46-54(57)60-51(47-58-52(55)44-39-34-29-24-20-18-22-27-32-37-42-49(3)4)48-59-53(56)45-40-35-30-25-21-19-23-28-33-38-43-50(5)7-2/h49-51H,6-48H2,1-5H3/t50?,51-/m1/s1. The third-order valence-electron chi connectivity index (χ3n) is 12.6. The van der Waals surface area contributed by atoms with Gasteiger partial charge in [-0.3, -0.25) is 14.4 Å². The lowest BCUT2D eigenvalue weighted by Crippen LogP contribution is -2.30. The average Bonchev–Trinajstić information content (AvgIpc) is 3.23. The van der Waals surface area contributed by atoms with Crippen molar-refractivity contribution in [3.63, 3.8) is 0 Å². The zero-order chi connectivity index (χ0) is 44.0. The zero-order valence-electron chi connectivity index (χ0n) is 41.1. The van der Waals surface area contributed by atoms with Crippen molar-refractivity contribution in [1.29, 1.82) is 0 Å². The van der Waals surface area contributed by atoms with Gasteiger partial charge in [0.1, 0.15) is 13.2 Å². The second kappa shape index (κ2) is 46.9. The van der Waals surface area contributed by atoms with Crippen molar-refractivity contribution in [3.05, 3.63) is 0 Å². The fraction of sp³-hybridized carbons (Fsp3) is 0.944. The zero-order valence-corrected chi connectivity index (χ0v) is 41.1. The molecule has 2 atom stereocenters. The number of carbonyl (C=O) groups excluding carboxylic acids is 3. The van der Waals surface area contributed by atoms with Crippen LogP contribution in [0.1, 0.15) is 298 Å². The van der Waals surface area contributed by atoms with Gasteiger partial charge in [-0.2, -0.15) is 0 Å². The van der Waals surface area contributed by atoms with Crippen LogP contribution in [0.15, 0.2) is 0 Å². The Morgan fingerprint density at radius 2 is 0.633 bits per heavy atom. The number of hydrogen-bond acceptors (Lipinski definition) is 6. The van der Waals surface area contributed by atoms with E-state index < -0.39 is 6.10 Å². The van der Waals surface area contributed by atoms with E-state index in [1.165, 1.54) is 186 Å². The smallest absolute Gasteiger partial charge is 0.306 e. The van der Waals surface area contributed by atoms with Gasteiger partial charge in [0.15, 0.2) is 6.10 Å². The summed E-state index contributed by atoms with van der Waals surface area (Å²) in [5.74, 6) is 0.842. The molecular formula is C54H104O6. The monoisotopic (exact) mass is 849 g/mol. The maximum absolute atomic E-state index is 12.8. The third kappa shape index (κ3) is 45.9. The normalized spacial score (nSPS) is 12.5. The highest BCUT2D eigenvalue weighted by atomic mass is 16.6. The lowest BCUT2D eigenvalue weighted by Gasteiger charge is -2.18. The van der Waals surface area contributed by atoms with Gasteiger partial charge in [-0.1, -0.05) is 259 Å². The Labute approximate surface area is 374 Å². The number of esters is 3. The summed E-state index contributed by atoms with van der Waals surface area (Å²) >= 11 is 0. The summed E-state index contributed by atoms with van der Waals surface area (Å²) in [6, 6.07) is 0. The first-order chi connectivity index (χ1) is 29.3. The Bertz CT molecular complexity index is 918. The minimum absolute atomic E-state index is 0.0637. The van der Waals surface area contributed by atoms with Gasteiger partial charge in [0.2, 0.25) is 0 Å². The molecule has 0 fully saturated rings. The minimum atomic E-state index is -0.762. The molecule has 60 heavy (non-hydrogen) atoms. The van der Waals surface area contributed by atoms with Crippen molar-refractivity contribution >= 4 is 17.9 Å². The van der Waals surface area contributed by atoms with Gasteiger partial charge < -0.3 is 14.2 Å². The number of ether oxygens (including phenoxy) is 3. The molecular weight excluding hydrogens is 745 g/mol. The van der Waals surface area contributed by atoms with Crippen molar-refractivity contribution in [2.24, 2.45) is 11.8 Å². The second-order valence-corrected chi connectivity index (χ2v) is 19.2. The summed E-state index contributed by atoms with van der Waals surface area (Å²) in [7, 11) is 0. The highest BCUT2D eigenvalue weighted by Gasteiger charge is 2.19. The van der Waals surface area contributed by atoms with Gasteiger partial charge in [0.05, 0.1) is 0 Å². The molecule has 0 aliphatic heterocycles. The maximum Gasteiger partial charge on any atom is 0.306 e. The van der Waals surface area contributed by atoms with Gasteiger partial charge in [0.25, 0.3) is 0 Å². The first kappa shape index (κ1) is 58.4. The van der Waals surface area contributed by atoms with E-state index in [0.29, 0.717) is 19.3 Å². The Hall–Kier alpha value is -1.59. The Morgan fingerprint density at radius 3 is 0.950 bits per heavy atom. The van der Waals surface area contributed by atoms with Crippen LogP contribution in [0.5, 0.6) is 0 Å². The maximum atomic E-state index is 12.8. The van der Waals surface area contributed by atoms with Crippen LogP contribution >= 0.6 is 0 Å². The molecule has 0 saturated carbocycles. The first-order valence-corrected chi connectivity index (χ1v) is 26.8. The molecule has 356 valence electrons. The summed E-state index contributed by atoms with van der Waals surface area (Å²) in [6.07, 6.45) is 47.9. The van der Waals surface area contributed by atoms with E-state index in [9.17, 15) is 14.4 Å². The summed E-state index contributed by atoms with van der Waals surface area (Å²) in [5, 5.41) is 0. The van der Waals surface area contributed by atoms with Gasteiger partial charge in [0, 0.05) is 19.3 Å². The first-order valence-electron chi connectivity index (χ1n) is 26.8. The number of unbranched alkanes of at least 4 members (excludes halogenated alkanes) is 32. The molecule has 0 aliphatic rings. The van der Waals surface area contributed by atoms with Crippen LogP contribution in [-0.2, 0) is 28.6 Å². The Balaban J connectivity index is 4.33. The topological polar surface area (TPSA) is 78.9 Å². The highest BCUT2D eigenvalue weighted by Crippen LogP contribution is 2.18. The van der Waals surface area contributed by atoms with Crippen molar-refractivity contribution in [1.82, 2.24) is 0 Å².